The Morgan fingerprint density at radius 1 is 1.26 bits per heavy atom. The molecule has 6 atom stereocenters. The van der Waals surface area contributed by atoms with E-state index in [1.165, 1.54) is 14.0 Å². The molecule has 0 unspecified atom stereocenters. The lowest BCUT2D eigenvalue weighted by molar-refractivity contribution is -0.358. The second kappa shape index (κ2) is 6.94. The summed E-state index contributed by atoms with van der Waals surface area (Å²) in [6.07, 6.45) is -4.66. The zero-order chi connectivity index (χ0) is 16.4. The third-order valence-corrected chi connectivity index (χ3v) is 3.91. The maximum atomic E-state index is 11.4. The van der Waals surface area contributed by atoms with Crippen LogP contribution in [0.5, 0.6) is 0 Å². The minimum atomic E-state index is -1.14. The Hall–Kier alpha value is -1.51. The standard InChI is InChI=1S/C16H20O7/c1-9(17)21-14-12(18)16(19-2)22-11-8-20-15(23-13(11)14)10-6-4-3-5-7-10/h3-7,11-16,18H,8H2,1-2H3/t11-,12-,13-,14+,15-,16-/m1/s1. The summed E-state index contributed by atoms with van der Waals surface area (Å²) in [6.45, 7) is 1.53. The van der Waals surface area contributed by atoms with Crippen LogP contribution < -0.4 is 0 Å². The third-order valence-electron chi connectivity index (χ3n) is 3.91. The van der Waals surface area contributed by atoms with Crippen LogP contribution in [0.1, 0.15) is 18.8 Å². The number of hydrogen-bond donors (Lipinski definition) is 1. The molecule has 0 aliphatic carbocycles. The molecule has 0 radical (unpaired) electrons. The second-order valence-electron chi connectivity index (χ2n) is 5.52. The first-order valence-electron chi connectivity index (χ1n) is 7.45. The monoisotopic (exact) mass is 324 g/mol. The Morgan fingerprint density at radius 2 is 2.00 bits per heavy atom. The molecule has 1 aromatic carbocycles. The largest absolute Gasteiger partial charge is 0.457 e. The Kier molecular flexibility index (Phi) is 4.93. The minimum Gasteiger partial charge on any atom is -0.457 e. The average molecular weight is 324 g/mol. The molecule has 7 nitrogen and oxygen atoms in total. The predicted molar refractivity (Wildman–Crippen MR) is 77.2 cm³/mol. The molecule has 1 N–H and O–H groups in total. The van der Waals surface area contributed by atoms with Crippen LogP contribution >= 0.6 is 0 Å². The Labute approximate surface area is 134 Å². The van der Waals surface area contributed by atoms with Gasteiger partial charge in [0.05, 0.1) is 6.61 Å². The van der Waals surface area contributed by atoms with E-state index in [0.717, 1.165) is 5.56 Å². The van der Waals surface area contributed by atoms with E-state index in [2.05, 4.69) is 0 Å². The van der Waals surface area contributed by atoms with Gasteiger partial charge in [-0.1, -0.05) is 30.3 Å². The SMILES string of the molecule is CO[C@@H]1O[C@@H]2CO[C@@H](c3ccccc3)O[C@H]2[C@@H](OC(C)=O)[C@H]1O. The number of benzene rings is 1. The van der Waals surface area contributed by atoms with Crippen molar-refractivity contribution in [2.75, 3.05) is 13.7 Å². The van der Waals surface area contributed by atoms with Crippen LogP contribution in [-0.4, -0.2) is 55.5 Å². The molecule has 0 bridgehead atoms. The second-order valence-corrected chi connectivity index (χ2v) is 5.52. The van der Waals surface area contributed by atoms with Gasteiger partial charge >= 0.3 is 5.97 Å². The molecule has 2 heterocycles. The highest BCUT2D eigenvalue weighted by atomic mass is 16.8. The number of carbonyl (C=O) groups is 1. The molecule has 2 aliphatic rings. The summed E-state index contributed by atoms with van der Waals surface area (Å²) in [5.74, 6) is -0.504. The molecular formula is C16H20O7. The molecule has 2 fully saturated rings. The van der Waals surface area contributed by atoms with Crippen LogP contribution in [0.3, 0.4) is 0 Å². The lowest BCUT2D eigenvalue weighted by Gasteiger charge is -2.46. The molecule has 2 aliphatic heterocycles. The number of esters is 1. The van der Waals surface area contributed by atoms with Crippen LogP contribution in [0.4, 0.5) is 0 Å². The van der Waals surface area contributed by atoms with E-state index in [4.69, 9.17) is 23.7 Å². The number of aliphatic hydroxyl groups excluding tert-OH is 1. The molecule has 7 heteroatoms. The Bertz CT molecular complexity index is 534. The lowest BCUT2D eigenvalue weighted by Crippen LogP contribution is -2.63. The maximum Gasteiger partial charge on any atom is 0.303 e. The molecule has 2 saturated heterocycles. The smallest absolute Gasteiger partial charge is 0.303 e. The minimum absolute atomic E-state index is 0.245. The summed E-state index contributed by atoms with van der Waals surface area (Å²) in [5, 5.41) is 10.3. The zero-order valence-corrected chi connectivity index (χ0v) is 13.0. The first kappa shape index (κ1) is 16.4. The summed E-state index contributed by atoms with van der Waals surface area (Å²) < 4.78 is 27.6. The van der Waals surface area contributed by atoms with Crippen molar-refractivity contribution in [1.82, 2.24) is 0 Å². The van der Waals surface area contributed by atoms with Crippen molar-refractivity contribution in [3.8, 4) is 0 Å². The quantitative estimate of drug-likeness (QED) is 0.822. The number of rotatable bonds is 3. The molecule has 23 heavy (non-hydrogen) atoms. The highest BCUT2D eigenvalue weighted by Gasteiger charge is 2.51. The summed E-state index contributed by atoms with van der Waals surface area (Å²) in [6, 6.07) is 9.41. The Balaban J connectivity index is 1.80. The maximum absolute atomic E-state index is 11.4. The average Bonchev–Trinajstić information content (AvgIpc) is 2.57. The molecule has 0 amide bonds. The van der Waals surface area contributed by atoms with Crippen LogP contribution in [0.2, 0.25) is 0 Å². The molecule has 0 saturated carbocycles. The van der Waals surface area contributed by atoms with Gasteiger partial charge in [0, 0.05) is 19.6 Å². The van der Waals surface area contributed by atoms with Crippen LogP contribution in [-0.2, 0) is 28.5 Å². The van der Waals surface area contributed by atoms with E-state index >= 15 is 0 Å². The molecule has 1 aromatic rings. The van der Waals surface area contributed by atoms with Gasteiger partial charge in [-0.25, -0.2) is 0 Å². The van der Waals surface area contributed by atoms with Gasteiger partial charge in [0.25, 0.3) is 0 Å². The van der Waals surface area contributed by atoms with Gasteiger partial charge < -0.3 is 28.8 Å². The van der Waals surface area contributed by atoms with Crippen molar-refractivity contribution >= 4 is 5.97 Å². The van der Waals surface area contributed by atoms with E-state index < -0.39 is 43.0 Å². The van der Waals surface area contributed by atoms with E-state index in [1.54, 1.807) is 0 Å². The zero-order valence-electron chi connectivity index (χ0n) is 13.0. The van der Waals surface area contributed by atoms with Crippen molar-refractivity contribution in [3.05, 3.63) is 35.9 Å². The van der Waals surface area contributed by atoms with Gasteiger partial charge in [-0.15, -0.1) is 0 Å². The number of carbonyl (C=O) groups excluding carboxylic acids is 1. The number of hydrogen-bond acceptors (Lipinski definition) is 7. The highest BCUT2D eigenvalue weighted by Crippen LogP contribution is 2.35. The molecule has 126 valence electrons. The fourth-order valence-corrected chi connectivity index (χ4v) is 2.86. The number of aliphatic hydroxyl groups is 1. The number of ether oxygens (including phenoxy) is 5. The van der Waals surface area contributed by atoms with Crippen molar-refractivity contribution < 1.29 is 33.6 Å². The van der Waals surface area contributed by atoms with Crippen molar-refractivity contribution in [3.63, 3.8) is 0 Å². The van der Waals surface area contributed by atoms with Crippen LogP contribution in [0, 0.1) is 0 Å². The van der Waals surface area contributed by atoms with E-state index in [-0.39, 0.29) is 6.61 Å². The van der Waals surface area contributed by atoms with Crippen molar-refractivity contribution in [2.45, 2.75) is 43.9 Å². The fourth-order valence-electron chi connectivity index (χ4n) is 2.86. The fraction of sp³-hybridized carbons (Fsp3) is 0.562. The van der Waals surface area contributed by atoms with Gasteiger partial charge in [0.15, 0.2) is 18.7 Å². The number of fused-ring (bicyclic) bond motifs is 1. The normalized spacial score (nSPS) is 37.0. The van der Waals surface area contributed by atoms with Crippen molar-refractivity contribution in [2.24, 2.45) is 0 Å². The topological polar surface area (TPSA) is 83.5 Å². The van der Waals surface area contributed by atoms with Gasteiger partial charge in [0.2, 0.25) is 0 Å². The van der Waals surface area contributed by atoms with Crippen LogP contribution in [0.15, 0.2) is 30.3 Å². The van der Waals surface area contributed by atoms with Crippen molar-refractivity contribution in [1.29, 1.82) is 0 Å². The molecule has 0 spiro atoms. The third kappa shape index (κ3) is 3.39. The summed E-state index contributed by atoms with van der Waals surface area (Å²) in [4.78, 5) is 11.4. The van der Waals surface area contributed by atoms with E-state index in [0.29, 0.717) is 0 Å². The highest BCUT2D eigenvalue weighted by molar-refractivity contribution is 5.66. The van der Waals surface area contributed by atoms with E-state index in [9.17, 15) is 9.90 Å². The molecular weight excluding hydrogens is 304 g/mol. The van der Waals surface area contributed by atoms with E-state index in [1.807, 2.05) is 30.3 Å². The molecule has 3 rings (SSSR count). The summed E-state index contributed by atoms with van der Waals surface area (Å²) in [7, 11) is 1.41. The predicted octanol–water partition coefficient (Wildman–Crippen LogP) is 0.764. The van der Waals surface area contributed by atoms with Gasteiger partial charge in [-0.2, -0.15) is 0 Å². The van der Waals surface area contributed by atoms with Gasteiger partial charge in [-0.05, 0) is 0 Å². The van der Waals surface area contributed by atoms with Gasteiger partial charge in [-0.3, -0.25) is 4.79 Å². The van der Waals surface area contributed by atoms with Crippen LogP contribution in [0.25, 0.3) is 0 Å². The first-order chi connectivity index (χ1) is 11.1. The van der Waals surface area contributed by atoms with Gasteiger partial charge in [0.1, 0.15) is 18.3 Å². The lowest BCUT2D eigenvalue weighted by atomic mass is 9.97. The molecule has 0 aromatic heterocycles. The Morgan fingerprint density at radius 3 is 2.65 bits per heavy atom. The summed E-state index contributed by atoms with van der Waals surface area (Å²) in [5.41, 5.74) is 0.843. The summed E-state index contributed by atoms with van der Waals surface area (Å²) >= 11 is 0. The first-order valence-corrected chi connectivity index (χ1v) is 7.45. The number of methoxy groups -OCH3 is 1.